The van der Waals surface area contributed by atoms with Gasteiger partial charge in [0, 0.05) is 30.2 Å². The maximum Gasteiger partial charge on any atom is 0.251 e. The number of aryl methyl sites for hydroxylation is 2. The highest BCUT2D eigenvalue weighted by molar-refractivity contribution is 5.94. The van der Waals surface area contributed by atoms with Gasteiger partial charge in [-0.2, -0.15) is 5.10 Å². The molecule has 0 atom stereocenters. The van der Waals surface area contributed by atoms with E-state index in [1.165, 1.54) is 0 Å². The molecule has 188 valence electrons. The summed E-state index contributed by atoms with van der Waals surface area (Å²) >= 11 is 0. The molecule has 0 radical (unpaired) electrons. The fourth-order valence-corrected chi connectivity index (χ4v) is 4.47. The minimum Gasteiger partial charge on any atom is -0.493 e. The van der Waals surface area contributed by atoms with E-state index in [-0.39, 0.29) is 5.91 Å². The van der Waals surface area contributed by atoms with Gasteiger partial charge in [-0.05, 0) is 73.0 Å². The third-order valence-corrected chi connectivity index (χ3v) is 6.31. The van der Waals surface area contributed by atoms with E-state index in [4.69, 9.17) is 19.6 Å². The first kappa shape index (κ1) is 24.1. The van der Waals surface area contributed by atoms with Crippen molar-refractivity contribution in [1.29, 1.82) is 0 Å². The number of aromatic nitrogens is 4. The smallest absolute Gasteiger partial charge is 0.251 e. The van der Waals surface area contributed by atoms with Crippen molar-refractivity contribution in [2.24, 2.45) is 0 Å². The molecular weight excluding hydrogens is 466 g/mol. The van der Waals surface area contributed by atoms with Crippen LogP contribution in [-0.2, 0) is 13.1 Å². The van der Waals surface area contributed by atoms with Crippen LogP contribution in [0.5, 0.6) is 11.5 Å². The molecule has 0 fully saturated rings. The Kier molecular flexibility index (Phi) is 6.64. The summed E-state index contributed by atoms with van der Waals surface area (Å²) in [4.78, 5) is 17.5. The Labute approximate surface area is 215 Å². The molecule has 0 saturated carbocycles. The highest BCUT2D eigenvalue weighted by Crippen LogP contribution is 2.28. The number of nitrogens with zero attached hydrogens (tertiary/aromatic N) is 4. The second-order valence-corrected chi connectivity index (χ2v) is 8.92. The Morgan fingerprint density at radius 2 is 1.62 bits per heavy atom. The Bertz CT molecular complexity index is 1550. The SMILES string of the molecule is COc1ccc(CNC(=O)c2ccc(Cn3nc(-n4cccc4)c4c(C)cc(C)nc43)cc2)cc1OC. The van der Waals surface area contributed by atoms with Crippen LogP contribution in [0.15, 0.2) is 73.1 Å². The van der Waals surface area contributed by atoms with Gasteiger partial charge in [0.25, 0.3) is 5.91 Å². The van der Waals surface area contributed by atoms with Crippen LogP contribution in [-0.4, -0.2) is 39.5 Å². The molecule has 5 rings (SSSR count). The van der Waals surface area contributed by atoms with Crippen molar-refractivity contribution in [2.45, 2.75) is 26.9 Å². The molecule has 0 saturated heterocycles. The zero-order valence-electron chi connectivity index (χ0n) is 21.4. The molecule has 8 heteroatoms. The lowest BCUT2D eigenvalue weighted by Crippen LogP contribution is -2.22. The average molecular weight is 496 g/mol. The lowest BCUT2D eigenvalue weighted by molar-refractivity contribution is 0.0951. The third-order valence-electron chi connectivity index (χ3n) is 6.31. The normalized spacial score (nSPS) is 11.0. The lowest BCUT2D eigenvalue weighted by atomic mass is 10.1. The number of fused-ring (bicyclic) bond motifs is 1. The number of hydrogen-bond donors (Lipinski definition) is 1. The maximum absolute atomic E-state index is 12.8. The van der Waals surface area contributed by atoms with Gasteiger partial charge in [-0.3, -0.25) is 4.79 Å². The van der Waals surface area contributed by atoms with Crippen molar-refractivity contribution in [3.63, 3.8) is 0 Å². The quantitative estimate of drug-likeness (QED) is 0.333. The van der Waals surface area contributed by atoms with E-state index in [2.05, 4.69) is 18.3 Å². The topological polar surface area (TPSA) is 83.2 Å². The number of pyridine rings is 1. The number of carbonyl (C=O) groups is 1. The van der Waals surface area contributed by atoms with Crippen molar-refractivity contribution in [1.82, 2.24) is 24.6 Å². The van der Waals surface area contributed by atoms with Gasteiger partial charge in [0.2, 0.25) is 0 Å². The number of carbonyl (C=O) groups excluding carboxylic acids is 1. The predicted molar refractivity (Wildman–Crippen MR) is 143 cm³/mol. The zero-order valence-corrected chi connectivity index (χ0v) is 21.4. The van der Waals surface area contributed by atoms with Crippen molar-refractivity contribution < 1.29 is 14.3 Å². The third kappa shape index (κ3) is 4.91. The highest BCUT2D eigenvalue weighted by atomic mass is 16.5. The van der Waals surface area contributed by atoms with Crippen molar-refractivity contribution >= 4 is 16.9 Å². The minimum absolute atomic E-state index is 0.145. The van der Waals surface area contributed by atoms with Crippen molar-refractivity contribution in [3.05, 3.63) is 101 Å². The molecule has 8 nitrogen and oxygen atoms in total. The van der Waals surface area contributed by atoms with Crippen LogP contribution in [0.4, 0.5) is 0 Å². The number of benzene rings is 2. The van der Waals surface area contributed by atoms with E-state index in [0.29, 0.717) is 30.2 Å². The number of hydrogen-bond acceptors (Lipinski definition) is 5. The van der Waals surface area contributed by atoms with Gasteiger partial charge in [0.15, 0.2) is 23.0 Å². The predicted octanol–water partition coefficient (Wildman–Crippen LogP) is 4.83. The molecule has 0 unspecified atom stereocenters. The van der Waals surface area contributed by atoms with Crippen LogP contribution in [0.2, 0.25) is 0 Å². The van der Waals surface area contributed by atoms with Crippen molar-refractivity contribution in [3.8, 4) is 17.3 Å². The van der Waals surface area contributed by atoms with Crippen LogP contribution < -0.4 is 14.8 Å². The Hall–Kier alpha value is -4.59. The summed E-state index contributed by atoms with van der Waals surface area (Å²) < 4.78 is 14.5. The first-order valence-corrected chi connectivity index (χ1v) is 12.0. The van der Waals surface area contributed by atoms with E-state index >= 15 is 0 Å². The molecule has 1 amide bonds. The number of amides is 1. The van der Waals surface area contributed by atoms with Crippen LogP contribution in [0.1, 0.15) is 32.7 Å². The van der Waals surface area contributed by atoms with Crippen LogP contribution in [0.3, 0.4) is 0 Å². The van der Waals surface area contributed by atoms with Gasteiger partial charge in [-0.25, -0.2) is 9.67 Å². The fourth-order valence-electron chi connectivity index (χ4n) is 4.47. The summed E-state index contributed by atoms with van der Waals surface area (Å²) in [6.07, 6.45) is 3.97. The Morgan fingerprint density at radius 3 is 2.32 bits per heavy atom. The Morgan fingerprint density at radius 1 is 0.919 bits per heavy atom. The van der Waals surface area contributed by atoms with E-state index in [1.807, 2.05) is 83.2 Å². The molecule has 5 aromatic rings. The number of methoxy groups -OCH3 is 2. The van der Waals surface area contributed by atoms with E-state index in [1.54, 1.807) is 14.2 Å². The summed E-state index contributed by atoms with van der Waals surface area (Å²) in [5, 5.41) is 8.89. The maximum atomic E-state index is 12.8. The lowest BCUT2D eigenvalue weighted by Gasteiger charge is -2.11. The summed E-state index contributed by atoms with van der Waals surface area (Å²) in [5.41, 5.74) is 5.47. The van der Waals surface area contributed by atoms with Gasteiger partial charge < -0.3 is 19.4 Å². The van der Waals surface area contributed by atoms with Gasteiger partial charge in [-0.1, -0.05) is 18.2 Å². The molecule has 0 aliphatic heterocycles. The fraction of sp³-hybridized carbons (Fsp3) is 0.207. The monoisotopic (exact) mass is 495 g/mol. The average Bonchev–Trinajstić information content (AvgIpc) is 3.56. The summed E-state index contributed by atoms with van der Waals surface area (Å²) in [5.74, 6) is 1.99. The van der Waals surface area contributed by atoms with Crippen LogP contribution >= 0.6 is 0 Å². The highest BCUT2D eigenvalue weighted by Gasteiger charge is 2.16. The summed E-state index contributed by atoms with van der Waals surface area (Å²) in [7, 11) is 3.19. The van der Waals surface area contributed by atoms with Gasteiger partial charge >= 0.3 is 0 Å². The molecule has 0 bridgehead atoms. The standard InChI is InChI=1S/C29H29N5O3/c1-19-15-20(2)31-27-26(19)28(33-13-5-6-14-33)32-34(27)18-21-7-10-23(11-8-21)29(35)30-17-22-9-12-24(36-3)25(16-22)37-4/h5-16H,17-18H2,1-4H3,(H,30,35). The Balaban J connectivity index is 1.33. The van der Waals surface area contributed by atoms with Crippen LogP contribution in [0, 0.1) is 13.8 Å². The zero-order chi connectivity index (χ0) is 25.9. The summed E-state index contributed by atoms with van der Waals surface area (Å²) in [6.45, 7) is 5.01. The molecule has 37 heavy (non-hydrogen) atoms. The first-order valence-electron chi connectivity index (χ1n) is 12.0. The molecule has 3 heterocycles. The van der Waals surface area contributed by atoms with Gasteiger partial charge in [-0.15, -0.1) is 0 Å². The molecule has 2 aromatic carbocycles. The second kappa shape index (κ2) is 10.2. The molecule has 0 aliphatic carbocycles. The number of rotatable bonds is 8. The van der Waals surface area contributed by atoms with Gasteiger partial charge in [0.1, 0.15) is 0 Å². The summed E-state index contributed by atoms with van der Waals surface area (Å²) in [6, 6.07) is 19.2. The molecule has 1 N–H and O–H groups in total. The number of ether oxygens (including phenoxy) is 2. The van der Waals surface area contributed by atoms with Gasteiger partial charge in [0.05, 0.1) is 26.2 Å². The molecule has 0 spiro atoms. The molecular formula is C29H29N5O3. The first-order chi connectivity index (χ1) is 18.0. The van der Waals surface area contributed by atoms with Crippen LogP contribution in [0.25, 0.3) is 16.9 Å². The molecule has 0 aliphatic rings. The molecule has 3 aromatic heterocycles. The number of nitrogens with one attached hydrogen (secondary N) is 1. The van der Waals surface area contributed by atoms with E-state index in [9.17, 15) is 4.79 Å². The second-order valence-electron chi connectivity index (χ2n) is 8.92. The minimum atomic E-state index is -0.145. The largest absolute Gasteiger partial charge is 0.493 e. The van der Waals surface area contributed by atoms with Crippen molar-refractivity contribution in [2.75, 3.05) is 14.2 Å². The van der Waals surface area contributed by atoms with E-state index < -0.39 is 0 Å². The van der Waals surface area contributed by atoms with E-state index in [0.717, 1.165) is 39.2 Å².